The van der Waals surface area contributed by atoms with Crippen molar-refractivity contribution in [3.8, 4) is 0 Å². The third-order valence-electron chi connectivity index (χ3n) is 10.0. The minimum absolute atomic E-state index is 0.0771. The SMILES string of the molecule is CCOS(=O)(=O)[O-].CCOS(=O)(=O)[O-].CC[n+]1ccc(/N=N/c2ccc(Nc3nc(Cl)nc(NCCSSCCNc4nc(Cl)nc(Nc5ccc(/N=N/c6cc[n+](CC)c7ccccc67)cc5)n4)n3)cc2)c2ccccc21. The van der Waals surface area contributed by atoms with Crippen LogP contribution in [0, 0.1) is 0 Å². The van der Waals surface area contributed by atoms with E-state index in [-0.39, 0.29) is 23.8 Å². The van der Waals surface area contributed by atoms with Crippen molar-refractivity contribution in [3.05, 3.63) is 132 Å². The Morgan fingerprint density at radius 2 is 0.885 bits per heavy atom. The molecule has 4 aromatic carbocycles. The molecule has 30 heteroatoms. The Morgan fingerprint density at radius 1 is 0.513 bits per heavy atom. The highest BCUT2D eigenvalue weighted by Gasteiger charge is 2.13. The zero-order valence-corrected chi connectivity index (χ0v) is 47.0. The highest BCUT2D eigenvalue weighted by molar-refractivity contribution is 8.76. The number of hydrogen-bond donors (Lipinski definition) is 4. The molecule has 0 aliphatic rings. The van der Waals surface area contributed by atoms with E-state index in [1.807, 2.05) is 97.3 Å². The second-order valence-corrected chi connectivity index (χ2v) is 20.9. The molecule has 0 aliphatic heterocycles. The van der Waals surface area contributed by atoms with Gasteiger partial charge in [-0.1, -0.05) is 45.9 Å². The summed E-state index contributed by atoms with van der Waals surface area (Å²) in [6.07, 6.45) is 4.06. The van der Waals surface area contributed by atoms with Crippen LogP contribution < -0.4 is 30.4 Å². The molecule has 0 bridgehead atoms. The molecule has 24 nitrogen and oxygen atoms in total. The number of azo groups is 2. The Hall–Kier alpha value is -6.86. The Labute approximate surface area is 468 Å². The number of pyridine rings is 2. The molecule has 410 valence electrons. The van der Waals surface area contributed by atoms with Gasteiger partial charge in [-0.05, 0) is 112 Å². The minimum Gasteiger partial charge on any atom is -0.726 e. The minimum atomic E-state index is -4.42. The quantitative estimate of drug-likeness (QED) is 0.0115. The summed E-state index contributed by atoms with van der Waals surface area (Å²) >= 11 is 12.5. The van der Waals surface area contributed by atoms with Gasteiger partial charge in [0.15, 0.2) is 12.4 Å². The summed E-state index contributed by atoms with van der Waals surface area (Å²) in [5, 5.41) is 33.1. The van der Waals surface area contributed by atoms with Gasteiger partial charge in [0.05, 0.1) is 35.4 Å². The van der Waals surface area contributed by atoms with Crippen molar-refractivity contribution in [2.75, 3.05) is 59.1 Å². The van der Waals surface area contributed by atoms with Gasteiger partial charge in [0.25, 0.3) is 0 Å². The average Bonchev–Trinajstić information content (AvgIpc) is 3.42. The summed E-state index contributed by atoms with van der Waals surface area (Å²) < 4.78 is 68.4. The van der Waals surface area contributed by atoms with E-state index in [0.29, 0.717) is 48.3 Å². The maximum Gasteiger partial charge on any atom is 0.233 e. The molecule has 0 radical (unpaired) electrons. The van der Waals surface area contributed by atoms with Crippen molar-refractivity contribution in [1.82, 2.24) is 29.9 Å². The van der Waals surface area contributed by atoms with Gasteiger partial charge in [-0.2, -0.15) is 49.3 Å². The Bertz CT molecular complexity index is 3310. The Kier molecular flexibility index (Phi) is 23.5. The number of rotatable bonds is 23. The lowest BCUT2D eigenvalue weighted by Crippen LogP contribution is -2.32. The van der Waals surface area contributed by atoms with E-state index in [4.69, 9.17) is 23.2 Å². The van der Waals surface area contributed by atoms with Gasteiger partial charge in [-0.15, -0.1) is 10.2 Å². The number of anilines is 6. The second kappa shape index (κ2) is 30.3. The van der Waals surface area contributed by atoms with Crippen LogP contribution in [0.4, 0.5) is 57.9 Å². The predicted octanol–water partition coefficient (Wildman–Crippen LogP) is 10.5. The molecule has 8 rings (SSSR count). The van der Waals surface area contributed by atoms with Gasteiger partial charge < -0.3 is 30.4 Å². The molecule has 4 N–H and O–H groups in total. The van der Waals surface area contributed by atoms with Crippen molar-refractivity contribution in [1.29, 1.82) is 0 Å². The molecule has 0 unspecified atom stereocenters. The predicted molar refractivity (Wildman–Crippen MR) is 302 cm³/mol. The molecule has 8 aromatic rings. The standard InChI is InChI=1S/C44H40Cl2N16S2.2C2H6O4S/c1-3-61-25-21-35(33-9-5-7-11-37(33)61)59-57-31-17-13-29(14-18-31)49-43-53-39(45)51-41(55-43)47-23-27-63-64-28-24-48-42-52-40(46)54-44(56-42)50-30-15-19-32(20-16-30)58-60-36-22-26-62(4-2)38-12-8-6-10-34(36)38;2*1-2-6-7(3,4)5/h5-22,25-26H,3-4,23-24,27-28H2,1-2H3,(H2,47,48,51,52,53,54,55,56);2*2H2,1H3,(H,3,4,5). The molecule has 0 atom stereocenters. The maximum absolute atomic E-state index is 9.45. The first-order valence-electron chi connectivity index (χ1n) is 23.7. The second-order valence-electron chi connectivity index (χ2n) is 15.4. The first kappa shape index (κ1) is 60.4. The van der Waals surface area contributed by atoms with Gasteiger partial charge in [-0.3, -0.25) is 8.37 Å². The number of para-hydroxylation sites is 2. The number of aryl methyl sites for hydroxylation is 2. The summed E-state index contributed by atoms with van der Waals surface area (Å²) in [4.78, 5) is 25.9. The van der Waals surface area contributed by atoms with Gasteiger partial charge in [0.1, 0.15) is 24.5 Å². The van der Waals surface area contributed by atoms with Gasteiger partial charge in [0.2, 0.25) is 66.2 Å². The van der Waals surface area contributed by atoms with Crippen LogP contribution in [0.2, 0.25) is 10.6 Å². The van der Waals surface area contributed by atoms with Gasteiger partial charge >= 0.3 is 0 Å². The van der Waals surface area contributed by atoms with E-state index in [9.17, 15) is 25.9 Å². The molecule has 4 heterocycles. The van der Waals surface area contributed by atoms with E-state index >= 15 is 0 Å². The third-order valence-corrected chi connectivity index (χ3v) is 13.8. The van der Waals surface area contributed by atoms with E-state index in [1.54, 1.807) is 21.6 Å². The van der Waals surface area contributed by atoms with Crippen LogP contribution in [0.1, 0.15) is 27.7 Å². The number of nitrogens with zero attached hydrogens (tertiary/aromatic N) is 12. The number of aromatic nitrogens is 8. The first-order valence-corrected chi connectivity index (χ1v) is 29.6. The molecular formula is C48H52Cl2N16O8S4. The van der Waals surface area contributed by atoms with Crippen LogP contribution in [0.5, 0.6) is 0 Å². The molecule has 78 heavy (non-hydrogen) atoms. The largest absolute Gasteiger partial charge is 0.726 e. The fraction of sp³-hybridized carbons (Fsp3) is 0.250. The van der Waals surface area contributed by atoms with Crippen LogP contribution in [0.15, 0.2) is 142 Å². The van der Waals surface area contributed by atoms with Crippen LogP contribution in [-0.4, -0.2) is 93.7 Å². The number of halogens is 2. The van der Waals surface area contributed by atoms with Gasteiger partial charge in [-0.25, -0.2) is 16.8 Å². The van der Waals surface area contributed by atoms with Crippen molar-refractivity contribution in [3.63, 3.8) is 0 Å². The van der Waals surface area contributed by atoms with Crippen molar-refractivity contribution < 1.29 is 43.4 Å². The van der Waals surface area contributed by atoms with E-state index in [1.165, 1.54) is 13.8 Å². The fourth-order valence-corrected chi connectivity index (χ4v) is 9.47. The molecule has 0 aliphatic carbocycles. The highest BCUT2D eigenvalue weighted by Crippen LogP contribution is 2.29. The lowest BCUT2D eigenvalue weighted by molar-refractivity contribution is -0.667. The molecular weight excluding hydrogens is 1130 g/mol. The lowest BCUT2D eigenvalue weighted by Gasteiger charge is -2.09. The summed E-state index contributed by atoms with van der Waals surface area (Å²) in [6.45, 7) is 9.88. The Balaban J connectivity index is 0.000000621. The smallest absolute Gasteiger partial charge is 0.233 e. The number of hydrogen-bond acceptors (Lipinski definition) is 24. The average molecular weight is 1180 g/mol. The normalized spacial score (nSPS) is 11.5. The van der Waals surface area contributed by atoms with Crippen LogP contribution in [0.25, 0.3) is 21.8 Å². The van der Waals surface area contributed by atoms with Crippen molar-refractivity contribution >= 4 is 145 Å². The zero-order chi connectivity index (χ0) is 55.9. The zero-order valence-electron chi connectivity index (χ0n) is 42.2. The summed E-state index contributed by atoms with van der Waals surface area (Å²) in [7, 11) is -5.43. The van der Waals surface area contributed by atoms with E-state index < -0.39 is 20.8 Å². The molecule has 4 aromatic heterocycles. The van der Waals surface area contributed by atoms with Crippen molar-refractivity contribution in [2.45, 2.75) is 40.8 Å². The molecule has 0 spiro atoms. The third kappa shape index (κ3) is 20.2. The van der Waals surface area contributed by atoms with Crippen LogP contribution in [-0.2, 0) is 42.3 Å². The molecule has 0 saturated carbocycles. The first-order chi connectivity index (χ1) is 37.5. The van der Waals surface area contributed by atoms with Crippen LogP contribution in [0.3, 0.4) is 0 Å². The lowest BCUT2D eigenvalue weighted by atomic mass is 10.2. The Morgan fingerprint density at radius 3 is 1.23 bits per heavy atom. The maximum atomic E-state index is 9.45. The molecule has 0 amide bonds. The summed E-state index contributed by atoms with van der Waals surface area (Å²) in [5.41, 5.74) is 6.80. The summed E-state index contributed by atoms with van der Waals surface area (Å²) in [6, 6.07) is 35.3. The van der Waals surface area contributed by atoms with Crippen LogP contribution >= 0.6 is 44.8 Å². The molecule has 0 saturated heterocycles. The molecule has 0 fully saturated rings. The highest BCUT2D eigenvalue weighted by atomic mass is 35.5. The number of fused-ring (bicyclic) bond motifs is 2. The van der Waals surface area contributed by atoms with E-state index in [0.717, 1.165) is 69.2 Å². The monoisotopic (exact) mass is 1180 g/mol. The van der Waals surface area contributed by atoms with Crippen molar-refractivity contribution in [2.24, 2.45) is 20.5 Å². The topological polar surface area (TPSA) is 316 Å². The number of benzene rings is 4. The summed E-state index contributed by atoms with van der Waals surface area (Å²) in [5.74, 6) is 2.97. The number of nitrogens with one attached hydrogen (secondary N) is 4. The fourth-order valence-electron chi connectivity index (χ4n) is 6.76. The van der Waals surface area contributed by atoms with E-state index in [2.05, 4.69) is 127 Å². The van der Waals surface area contributed by atoms with Gasteiger partial charge in [0, 0.05) is 60.2 Å².